The molecule has 3 rings (SSSR count). The number of benzene rings is 2. The molecule has 0 radical (unpaired) electrons. The van der Waals surface area contributed by atoms with Crippen LogP contribution in [-0.4, -0.2) is 17.9 Å². The van der Waals surface area contributed by atoms with Crippen LogP contribution in [0.3, 0.4) is 0 Å². The van der Waals surface area contributed by atoms with Gasteiger partial charge in [-0.3, -0.25) is 9.59 Å². The van der Waals surface area contributed by atoms with Gasteiger partial charge in [0.15, 0.2) is 0 Å². The summed E-state index contributed by atoms with van der Waals surface area (Å²) in [5.74, 6) is -0.617. The molecule has 1 aliphatic rings. The first-order valence-electron chi connectivity index (χ1n) is 9.65. The van der Waals surface area contributed by atoms with Crippen molar-refractivity contribution < 1.29 is 9.59 Å². The molecule has 2 amide bonds. The maximum atomic E-state index is 12.4. The normalized spacial score (nSPS) is 14.7. The van der Waals surface area contributed by atoms with E-state index in [2.05, 4.69) is 10.6 Å². The lowest BCUT2D eigenvalue weighted by Gasteiger charge is -2.22. The van der Waals surface area contributed by atoms with E-state index in [0.29, 0.717) is 21.8 Å². The van der Waals surface area contributed by atoms with Crippen molar-refractivity contribution >= 4 is 35.2 Å². The van der Waals surface area contributed by atoms with Gasteiger partial charge in [-0.25, -0.2) is 0 Å². The minimum Gasteiger partial charge on any atom is -0.349 e. The first-order valence-corrected chi connectivity index (χ1v) is 10.0. The first kappa shape index (κ1) is 20.6. The number of halogens is 1. The van der Waals surface area contributed by atoms with Crippen molar-refractivity contribution in [2.75, 3.05) is 5.32 Å². The molecule has 1 fully saturated rings. The number of carbonyl (C=O) groups excluding carboxylic acids is 2. The van der Waals surface area contributed by atoms with Crippen LogP contribution in [0.25, 0.3) is 6.08 Å². The largest absolute Gasteiger partial charge is 0.349 e. The Morgan fingerprint density at radius 1 is 1.07 bits per heavy atom. The Bertz CT molecular complexity index is 955. The number of nitrogens with one attached hydrogen (secondary N) is 2. The molecule has 0 saturated heterocycles. The lowest BCUT2D eigenvalue weighted by Crippen LogP contribution is -2.36. The molecule has 0 aliphatic heterocycles. The van der Waals surface area contributed by atoms with E-state index in [0.717, 1.165) is 25.7 Å². The molecule has 148 valence electrons. The minimum atomic E-state index is -0.352. The van der Waals surface area contributed by atoms with Gasteiger partial charge in [0.1, 0.15) is 11.6 Å². The molecule has 0 heterocycles. The summed E-state index contributed by atoms with van der Waals surface area (Å²) >= 11 is 5.85. The van der Waals surface area contributed by atoms with Gasteiger partial charge in [0.2, 0.25) is 0 Å². The topological polar surface area (TPSA) is 82.0 Å². The lowest BCUT2D eigenvalue weighted by molar-refractivity contribution is -0.117. The van der Waals surface area contributed by atoms with Crippen LogP contribution in [0.5, 0.6) is 0 Å². The SMILES string of the molecule is N#C/C(=C\c1cccc(NC(=O)c2ccc(Cl)cc2)c1)C(=O)NC1CCCCC1. The summed E-state index contributed by atoms with van der Waals surface area (Å²) < 4.78 is 0. The summed E-state index contributed by atoms with van der Waals surface area (Å²) in [6.07, 6.45) is 6.85. The molecule has 2 N–H and O–H groups in total. The van der Waals surface area contributed by atoms with Gasteiger partial charge < -0.3 is 10.6 Å². The fraction of sp³-hybridized carbons (Fsp3) is 0.261. The van der Waals surface area contributed by atoms with Crippen LogP contribution in [-0.2, 0) is 4.79 Å². The third-order valence-corrected chi connectivity index (χ3v) is 5.12. The number of rotatable bonds is 5. The zero-order chi connectivity index (χ0) is 20.6. The van der Waals surface area contributed by atoms with Crippen LogP contribution in [0.4, 0.5) is 5.69 Å². The Kier molecular flexibility index (Phi) is 7.04. The standard InChI is InChI=1S/C23H22ClN3O2/c24-19-11-9-17(10-12-19)22(28)27-21-8-4-5-16(14-21)13-18(15-25)23(29)26-20-6-2-1-3-7-20/h4-5,8-14,20H,1-3,6-7H2,(H,26,29)(H,27,28)/b18-13+. The Labute approximate surface area is 175 Å². The molecule has 2 aromatic carbocycles. The molecule has 1 aliphatic carbocycles. The first-order chi connectivity index (χ1) is 14.0. The molecule has 6 heteroatoms. The van der Waals surface area contributed by atoms with Gasteiger partial charge in [0.25, 0.3) is 11.8 Å². The number of anilines is 1. The Hall–Kier alpha value is -3.10. The number of nitrogens with zero attached hydrogens (tertiary/aromatic N) is 1. The third-order valence-electron chi connectivity index (χ3n) is 4.87. The van der Waals surface area contributed by atoms with Crippen LogP contribution in [0.15, 0.2) is 54.1 Å². The second kappa shape index (κ2) is 9.90. The molecule has 1 saturated carbocycles. The number of carbonyl (C=O) groups is 2. The molecule has 29 heavy (non-hydrogen) atoms. The van der Waals surface area contributed by atoms with E-state index in [-0.39, 0.29) is 23.4 Å². The summed E-state index contributed by atoms with van der Waals surface area (Å²) in [5.41, 5.74) is 1.77. The van der Waals surface area contributed by atoms with Gasteiger partial charge in [-0.15, -0.1) is 0 Å². The molecule has 0 aromatic heterocycles. The van der Waals surface area contributed by atoms with Crippen LogP contribution >= 0.6 is 11.6 Å². The highest BCUT2D eigenvalue weighted by atomic mass is 35.5. The van der Waals surface area contributed by atoms with Gasteiger partial charge in [-0.2, -0.15) is 5.26 Å². The Balaban J connectivity index is 1.69. The smallest absolute Gasteiger partial charge is 0.262 e. The van der Waals surface area contributed by atoms with Gasteiger partial charge in [0.05, 0.1) is 0 Å². The predicted octanol–water partition coefficient (Wildman–Crippen LogP) is 4.95. The van der Waals surface area contributed by atoms with E-state index < -0.39 is 0 Å². The molecule has 0 unspecified atom stereocenters. The van der Waals surface area contributed by atoms with E-state index in [4.69, 9.17) is 11.6 Å². The second-order valence-corrected chi connectivity index (χ2v) is 7.50. The van der Waals surface area contributed by atoms with Crippen molar-refractivity contribution in [3.63, 3.8) is 0 Å². The molecule has 0 bridgehead atoms. The summed E-state index contributed by atoms with van der Waals surface area (Å²) in [6.45, 7) is 0. The highest BCUT2D eigenvalue weighted by molar-refractivity contribution is 6.30. The zero-order valence-electron chi connectivity index (χ0n) is 16.0. The Morgan fingerprint density at radius 2 is 1.79 bits per heavy atom. The summed E-state index contributed by atoms with van der Waals surface area (Å²) in [6, 6.07) is 15.7. The molecule has 5 nitrogen and oxygen atoms in total. The van der Waals surface area contributed by atoms with Gasteiger partial charge in [-0.05, 0) is 60.9 Å². The number of hydrogen-bond acceptors (Lipinski definition) is 3. The average Bonchev–Trinajstić information content (AvgIpc) is 2.73. The van der Waals surface area contributed by atoms with Crippen LogP contribution in [0.2, 0.25) is 5.02 Å². The van der Waals surface area contributed by atoms with Gasteiger partial charge in [-0.1, -0.05) is 43.0 Å². The molecular weight excluding hydrogens is 386 g/mol. The molecule has 0 atom stereocenters. The van der Waals surface area contributed by atoms with Crippen molar-refractivity contribution in [1.82, 2.24) is 5.32 Å². The van der Waals surface area contributed by atoms with Crippen molar-refractivity contribution in [1.29, 1.82) is 5.26 Å². The zero-order valence-corrected chi connectivity index (χ0v) is 16.7. The highest BCUT2D eigenvalue weighted by Gasteiger charge is 2.18. The van der Waals surface area contributed by atoms with Crippen molar-refractivity contribution in [3.05, 3.63) is 70.3 Å². The fourth-order valence-electron chi connectivity index (χ4n) is 3.34. The molecule has 2 aromatic rings. The molecular formula is C23H22ClN3O2. The van der Waals surface area contributed by atoms with Gasteiger partial charge >= 0.3 is 0 Å². The quantitative estimate of drug-likeness (QED) is 0.543. The van der Waals surface area contributed by atoms with E-state index in [1.165, 1.54) is 12.5 Å². The van der Waals surface area contributed by atoms with E-state index >= 15 is 0 Å². The van der Waals surface area contributed by atoms with Crippen molar-refractivity contribution in [2.24, 2.45) is 0 Å². The highest BCUT2D eigenvalue weighted by Crippen LogP contribution is 2.19. The van der Waals surface area contributed by atoms with E-state index in [1.54, 1.807) is 48.5 Å². The monoisotopic (exact) mass is 407 g/mol. The number of nitriles is 1. The van der Waals surface area contributed by atoms with Crippen LogP contribution in [0.1, 0.15) is 48.0 Å². The van der Waals surface area contributed by atoms with Crippen molar-refractivity contribution in [2.45, 2.75) is 38.1 Å². The lowest BCUT2D eigenvalue weighted by atomic mass is 9.95. The average molecular weight is 408 g/mol. The number of hydrogen-bond donors (Lipinski definition) is 2. The predicted molar refractivity (Wildman–Crippen MR) is 114 cm³/mol. The minimum absolute atomic E-state index is 0.0525. The second-order valence-electron chi connectivity index (χ2n) is 7.06. The van der Waals surface area contributed by atoms with E-state index in [1.807, 2.05) is 6.07 Å². The number of amides is 2. The van der Waals surface area contributed by atoms with Crippen molar-refractivity contribution in [3.8, 4) is 6.07 Å². The van der Waals surface area contributed by atoms with E-state index in [9.17, 15) is 14.9 Å². The fourth-order valence-corrected chi connectivity index (χ4v) is 3.46. The summed E-state index contributed by atoms with van der Waals surface area (Å²) in [4.78, 5) is 24.8. The maximum Gasteiger partial charge on any atom is 0.262 e. The Morgan fingerprint density at radius 3 is 2.48 bits per heavy atom. The third kappa shape index (κ3) is 5.94. The molecule has 0 spiro atoms. The van der Waals surface area contributed by atoms with Gasteiger partial charge in [0, 0.05) is 22.3 Å². The summed E-state index contributed by atoms with van der Waals surface area (Å²) in [7, 11) is 0. The summed E-state index contributed by atoms with van der Waals surface area (Å²) in [5, 5.41) is 15.7. The van der Waals surface area contributed by atoms with Crippen LogP contribution in [0, 0.1) is 11.3 Å². The maximum absolute atomic E-state index is 12.4. The van der Waals surface area contributed by atoms with Crippen LogP contribution < -0.4 is 10.6 Å².